The van der Waals surface area contributed by atoms with Crippen molar-refractivity contribution in [3.8, 4) is 0 Å². The molecule has 0 bridgehead atoms. The summed E-state index contributed by atoms with van der Waals surface area (Å²) in [6.07, 6.45) is -5.99. The molecule has 41 heavy (non-hydrogen) atoms. The molecule has 0 aliphatic carbocycles. The zero-order valence-corrected chi connectivity index (χ0v) is 22.0. The van der Waals surface area contributed by atoms with Crippen LogP contribution in [0.25, 0.3) is 0 Å². The first-order chi connectivity index (χ1) is 19.2. The molecule has 6 nitrogen and oxygen atoms in total. The average Bonchev–Trinajstić information content (AvgIpc) is 2.93. The Morgan fingerprint density at radius 2 is 0.780 bits per heavy atom. The molecule has 0 spiro atoms. The van der Waals surface area contributed by atoms with Crippen LogP contribution in [0.1, 0.15) is 11.1 Å². The average molecular weight is 611 g/mol. The molecule has 0 aromatic heterocycles. The number of hydrogen-bond donors (Lipinski definition) is 0. The van der Waals surface area contributed by atoms with Crippen molar-refractivity contribution in [3.63, 3.8) is 0 Å². The Hall–Kier alpha value is -4.04. The predicted octanol–water partition coefficient (Wildman–Crippen LogP) is 9.32. The fourth-order valence-electron chi connectivity index (χ4n) is 3.75. The Morgan fingerprint density at radius 1 is 0.488 bits per heavy atom. The minimum Gasteiger partial charge on any atom is -0.258 e. The highest BCUT2D eigenvalue weighted by Gasteiger charge is 2.72. The minimum atomic E-state index is -5.99. The van der Waals surface area contributed by atoms with Gasteiger partial charge in [0.1, 0.15) is 0 Å². The van der Waals surface area contributed by atoms with Gasteiger partial charge in [0.15, 0.2) is 0 Å². The van der Waals surface area contributed by atoms with E-state index in [1.54, 1.807) is 0 Å². The third-order valence-electron chi connectivity index (χ3n) is 5.86. The summed E-state index contributed by atoms with van der Waals surface area (Å²) < 4.78 is 88.5. The third kappa shape index (κ3) is 6.17. The van der Waals surface area contributed by atoms with Crippen LogP contribution < -0.4 is 0 Å². The number of nitrogens with zero attached hydrogens (tertiary/aromatic N) is 2. The highest BCUT2D eigenvalue weighted by atomic mass is 32.2. The first-order valence-corrected chi connectivity index (χ1v) is 13.0. The molecule has 0 aliphatic rings. The fraction of sp³-hybridized carbons (Fsp3) is 0.111. The molecule has 0 fully saturated rings. The molecule has 1 unspecified atom stereocenters. The Kier molecular flexibility index (Phi) is 8.36. The largest absolute Gasteiger partial charge is 0.433 e. The number of halogens is 6. The predicted molar refractivity (Wildman–Crippen MR) is 140 cm³/mol. The van der Waals surface area contributed by atoms with Gasteiger partial charge in [-0.05, 0) is 48.5 Å². The Bertz CT molecular complexity index is 1550. The standard InChI is InChI=1S/C27H16F6N2O4S2/c28-25(27(31,32)33,17-1-9-21(10-2-17)40-23-13-5-19(6-14-23)34(36)37)26(29,30)18-3-11-22(12-4-18)41-24-15-7-20(8-16-24)35(38)39/h1-16H. The van der Waals surface area contributed by atoms with Crippen LogP contribution in [0.3, 0.4) is 0 Å². The van der Waals surface area contributed by atoms with Gasteiger partial charge >= 0.3 is 12.1 Å². The van der Waals surface area contributed by atoms with Gasteiger partial charge in [0.25, 0.3) is 17.0 Å². The molecule has 4 aromatic carbocycles. The third-order valence-corrected chi connectivity index (χ3v) is 7.89. The van der Waals surface area contributed by atoms with E-state index in [9.17, 15) is 33.4 Å². The summed E-state index contributed by atoms with van der Waals surface area (Å²) in [6.45, 7) is 0. The van der Waals surface area contributed by atoms with Gasteiger partial charge in [0.05, 0.1) is 9.85 Å². The van der Waals surface area contributed by atoms with Crippen LogP contribution in [0, 0.1) is 20.2 Å². The molecule has 0 heterocycles. The first kappa shape index (κ1) is 29.9. The van der Waals surface area contributed by atoms with E-state index in [2.05, 4.69) is 0 Å². The molecule has 212 valence electrons. The van der Waals surface area contributed by atoms with Crippen LogP contribution in [0.5, 0.6) is 0 Å². The molecular weight excluding hydrogens is 594 g/mol. The van der Waals surface area contributed by atoms with Crippen molar-refractivity contribution in [2.24, 2.45) is 0 Å². The van der Waals surface area contributed by atoms with Crippen molar-refractivity contribution in [1.29, 1.82) is 0 Å². The SMILES string of the molecule is O=[N+]([O-])c1ccc(Sc2ccc(C(F)(F)C(F)(c3ccc(Sc4ccc([N+](=O)[O-])cc4)cc3)C(F)(F)F)cc2)cc1. The maximum absolute atomic E-state index is 15.7. The van der Waals surface area contributed by atoms with Gasteiger partial charge < -0.3 is 0 Å². The summed E-state index contributed by atoms with van der Waals surface area (Å²) in [5.41, 5.74) is -7.89. The zero-order chi connectivity index (χ0) is 30.0. The molecule has 1 atom stereocenters. The van der Waals surface area contributed by atoms with Crippen LogP contribution in [0.2, 0.25) is 0 Å². The number of nitro groups is 2. The molecule has 4 rings (SSSR count). The molecule has 0 radical (unpaired) electrons. The second-order valence-electron chi connectivity index (χ2n) is 8.49. The topological polar surface area (TPSA) is 86.3 Å². The van der Waals surface area contributed by atoms with Crippen molar-refractivity contribution < 1.29 is 36.2 Å². The lowest BCUT2D eigenvalue weighted by Crippen LogP contribution is -2.51. The molecule has 0 N–H and O–H groups in total. The molecule has 4 aromatic rings. The molecule has 14 heteroatoms. The van der Waals surface area contributed by atoms with Crippen LogP contribution in [0.4, 0.5) is 37.7 Å². The van der Waals surface area contributed by atoms with Crippen LogP contribution >= 0.6 is 23.5 Å². The Morgan fingerprint density at radius 3 is 1.07 bits per heavy atom. The van der Waals surface area contributed by atoms with Crippen LogP contribution in [-0.2, 0) is 11.6 Å². The zero-order valence-electron chi connectivity index (χ0n) is 20.3. The van der Waals surface area contributed by atoms with Crippen LogP contribution in [0.15, 0.2) is 117 Å². The highest BCUT2D eigenvalue weighted by molar-refractivity contribution is 7.99. The Labute approximate surface area is 236 Å². The molecular formula is C27H16F6N2O4S2. The van der Waals surface area contributed by atoms with Gasteiger partial charge in [-0.3, -0.25) is 20.2 Å². The number of benzene rings is 4. The summed E-state index contributed by atoms with van der Waals surface area (Å²) in [5, 5.41) is 21.5. The van der Waals surface area contributed by atoms with E-state index < -0.39 is 38.7 Å². The van der Waals surface area contributed by atoms with Gasteiger partial charge in [0, 0.05) is 55.0 Å². The van der Waals surface area contributed by atoms with Gasteiger partial charge in [-0.1, -0.05) is 47.8 Å². The van der Waals surface area contributed by atoms with Crippen molar-refractivity contribution in [2.75, 3.05) is 0 Å². The minimum absolute atomic E-state index is 0.159. The molecule has 0 saturated carbocycles. The van der Waals surface area contributed by atoms with Crippen LogP contribution in [-0.4, -0.2) is 16.0 Å². The highest BCUT2D eigenvalue weighted by Crippen LogP contribution is 2.57. The maximum Gasteiger partial charge on any atom is 0.433 e. The van der Waals surface area contributed by atoms with E-state index in [0.717, 1.165) is 47.8 Å². The summed E-state index contributed by atoms with van der Waals surface area (Å²) in [6, 6.07) is 17.6. The van der Waals surface area contributed by atoms with E-state index in [0.29, 0.717) is 43.8 Å². The Balaban J connectivity index is 1.57. The number of non-ortho nitro benzene ring substituents is 2. The van der Waals surface area contributed by atoms with Gasteiger partial charge in [-0.15, -0.1) is 0 Å². The maximum atomic E-state index is 15.7. The van der Waals surface area contributed by atoms with E-state index in [4.69, 9.17) is 0 Å². The first-order valence-electron chi connectivity index (χ1n) is 11.4. The second kappa shape index (κ2) is 11.4. The summed E-state index contributed by atoms with van der Waals surface area (Å²) in [4.78, 5) is 22.0. The second-order valence-corrected chi connectivity index (χ2v) is 10.8. The lowest BCUT2D eigenvalue weighted by Gasteiger charge is -2.35. The smallest absolute Gasteiger partial charge is 0.258 e. The van der Waals surface area contributed by atoms with E-state index in [1.165, 1.54) is 48.5 Å². The number of hydrogen-bond acceptors (Lipinski definition) is 6. The lowest BCUT2D eigenvalue weighted by atomic mass is 9.84. The summed E-state index contributed by atoms with van der Waals surface area (Å²) in [5.74, 6) is -5.02. The number of nitro benzene ring substituents is 2. The lowest BCUT2D eigenvalue weighted by molar-refractivity contribution is -0.385. The molecule has 0 saturated heterocycles. The van der Waals surface area contributed by atoms with E-state index in [1.807, 2.05) is 0 Å². The van der Waals surface area contributed by atoms with Crippen molar-refractivity contribution in [1.82, 2.24) is 0 Å². The summed E-state index contributed by atoms with van der Waals surface area (Å²) in [7, 11) is 0. The summed E-state index contributed by atoms with van der Waals surface area (Å²) >= 11 is 2.02. The molecule has 0 amide bonds. The normalized spacial score (nSPS) is 13.4. The quantitative estimate of drug-likeness (QED) is 0.107. The number of alkyl halides is 6. The van der Waals surface area contributed by atoms with E-state index >= 15 is 13.2 Å². The molecule has 0 aliphatic heterocycles. The van der Waals surface area contributed by atoms with Gasteiger partial charge in [-0.25, -0.2) is 4.39 Å². The van der Waals surface area contributed by atoms with Crippen molar-refractivity contribution >= 4 is 34.9 Å². The van der Waals surface area contributed by atoms with Crippen molar-refractivity contribution in [2.45, 2.75) is 37.3 Å². The fourth-order valence-corrected chi connectivity index (χ4v) is 5.38. The number of rotatable bonds is 9. The van der Waals surface area contributed by atoms with Gasteiger partial charge in [-0.2, -0.15) is 22.0 Å². The monoisotopic (exact) mass is 610 g/mol. The van der Waals surface area contributed by atoms with Gasteiger partial charge in [0.2, 0.25) is 0 Å². The van der Waals surface area contributed by atoms with E-state index in [-0.39, 0.29) is 11.4 Å². The van der Waals surface area contributed by atoms with Crippen molar-refractivity contribution in [3.05, 3.63) is 128 Å².